The summed E-state index contributed by atoms with van der Waals surface area (Å²) in [5, 5.41) is 6.62. The van der Waals surface area contributed by atoms with Crippen LogP contribution in [0.15, 0.2) is 18.2 Å². The fourth-order valence-corrected chi connectivity index (χ4v) is 1.61. The molecule has 0 aliphatic heterocycles. The minimum atomic E-state index is -0.626. The smallest absolute Gasteiger partial charge is 0.192 e. The van der Waals surface area contributed by atoms with Gasteiger partial charge in [0.15, 0.2) is 11.6 Å². The SMILES string of the molecule is Nc1n[nH]c(-c2cccc(Cl)c2Cl)c1F. The van der Waals surface area contributed by atoms with Crippen LogP contribution in [-0.2, 0) is 0 Å². The fraction of sp³-hybridized carbons (Fsp3) is 0. The monoisotopic (exact) mass is 245 g/mol. The molecular weight excluding hydrogens is 240 g/mol. The van der Waals surface area contributed by atoms with E-state index in [1.165, 1.54) is 0 Å². The summed E-state index contributed by atoms with van der Waals surface area (Å²) in [7, 11) is 0. The highest BCUT2D eigenvalue weighted by Gasteiger charge is 2.15. The van der Waals surface area contributed by atoms with Gasteiger partial charge in [0.05, 0.1) is 10.0 Å². The summed E-state index contributed by atoms with van der Waals surface area (Å²) in [6.07, 6.45) is 0. The minimum Gasteiger partial charge on any atom is -0.380 e. The van der Waals surface area contributed by atoms with E-state index in [4.69, 9.17) is 28.9 Å². The Hall–Kier alpha value is -1.26. The molecular formula is C9H6Cl2FN3. The third-order valence-corrected chi connectivity index (χ3v) is 2.77. The van der Waals surface area contributed by atoms with E-state index in [1.54, 1.807) is 18.2 Å². The first-order valence-electron chi connectivity index (χ1n) is 4.05. The summed E-state index contributed by atoms with van der Waals surface area (Å²) in [5.41, 5.74) is 5.85. The van der Waals surface area contributed by atoms with Crippen LogP contribution >= 0.6 is 23.2 Å². The van der Waals surface area contributed by atoms with Gasteiger partial charge in [-0.1, -0.05) is 35.3 Å². The number of nitrogens with one attached hydrogen (secondary N) is 1. The van der Waals surface area contributed by atoms with Crippen molar-refractivity contribution < 1.29 is 4.39 Å². The third-order valence-electron chi connectivity index (χ3n) is 1.95. The molecule has 0 radical (unpaired) electrons. The molecule has 0 fully saturated rings. The number of halogens is 3. The van der Waals surface area contributed by atoms with Gasteiger partial charge in [-0.15, -0.1) is 0 Å². The van der Waals surface area contributed by atoms with Gasteiger partial charge in [-0.2, -0.15) is 5.10 Å². The average molecular weight is 246 g/mol. The number of nitrogens with zero attached hydrogens (tertiary/aromatic N) is 1. The molecule has 0 amide bonds. The van der Waals surface area contributed by atoms with Crippen LogP contribution in [0.2, 0.25) is 10.0 Å². The number of anilines is 1. The van der Waals surface area contributed by atoms with Gasteiger partial charge in [-0.25, -0.2) is 4.39 Å². The zero-order valence-electron chi connectivity index (χ0n) is 7.39. The number of hydrogen-bond acceptors (Lipinski definition) is 2. The average Bonchev–Trinajstić information content (AvgIpc) is 2.53. The Morgan fingerprint density at radius 2 is 2.07 bits per heavy atom. The van der Waals surface area contributed by atoms with E-state index in [0.717, 1.165) is 0 Å². The molecule has 0 spiro atoms. The molecule has 0 atom stereocenters. The normalized spacial score (nSPS) is 10.6. The standard InChI is InChI=1S/C9H6Cl2FN3/c10-5-3-1-2-4(6(5)11)8-7(12)9(13)15-14-8/h1-3H,(H3,13,14,15). The molecule has 0 unspecified atom stereocenters. The van der Waals surface area contributed by atoms with Gasteiger partial charge in [-0.3, -0.25) is 5.10 Å². The Morgan fingerprint density at radius 1 is 1.33 bits per heavy atom. The quantitative estimate of drug-likeness (QED) is 0.812. The maximum atomic E-state index is 13.4. The van der Waals surface area contributed by atoms with Crippen LogP contribution in [0.1, 0.15) is 0 Å². The Bertz CT molecular complexity index is 510. The molecule has 2 aromatic rings. The number of nitrogens with two attached hydrogens (primary N) is 1. The van der Waals surface area contributed by atoms with Crippen molar-refractivity contribution in [1.29, 1.82) is 0 Å². The fourth-order valence-electron chi connectivity index (χ4n) is 1.22. The first-order valence-corrected chi connectivity index (χ1v) is 4.80. The number of nitrogen functional groups attached to an aromatic ring is 1. The molecule has 1 heterocycles. The summed E-state index contributed by atoms with van der Waals surface area (Å²) < 4.78 is 13.4. The molecule has 0 saturated heterocycles. The van der Waals surface area contributed by atoms with E-state index in [0.29, 0.717) is 10.6 Å². The second-order valence-electron chi connectivity index (χ2n) is 2.90. The van der Waals surface area contributed by atoms with Crippen LogP contribution in [0, 0.1) is 5.82 Å². The lowest BCUT2D eigenvalue weighted by Gasteiger charge is -2.02. The summed E-state index contributed by atoms with van der Waals surface area (Å²) in [6.45, 7) is 0. The predicted molar refractivity (Wildman–Crippen MR) is 58.4 cm³/mol. The predicted octanol–water partition coefficient (Wildman–Crippen LogP) is 3.10. The summed E-state index contributed by atoms with van der Waals surface area (Å²) >= 11 is 11.7. The minimum absolute atomic E-state index is 0.139. The highest BCUT2D eigenvalue weighted by atomic mass is 35.5. The summed E-state index contributed by atoms with van der Waals surface area (Å²) in [5.74, 6) is -0.819. The number of hydrogen-bond donors (Lipinski definition) is 2. The molecule has 1 aromatic carbocycles. The molecule has 2 rings (SSSR count). The van der Waals surface area contributed by atoms with Gasteiger partial charge in [0, 0.05) is 5.56 Å². The first-order chi connectivity index (χ1) is 7.11. The van der Waals surface area contributed by atoms with Gasteiger partial charge >= 0.3 is 0 Å². The van der Waals surface area contributed by atoms with Crippen LogP contribution in [-0.4, -0.2) is 10.2 Å². The number of aromatic nitrogens is 2. The second kappa shape index (κ2) is 3.72. The molecule has 0 saturated carbocycles. The first kappa shape index (κ1) is 10.3. The van der Waals surface area contributed by atoms with Gasteiger partial charge in [0.1, 0.15) is 5.69 Å². The van der Waals surface area contributed by atoms with E-state index in [1.807, 2.05) is 0 Å². The van der Waals surface area contributed by atoms with Gasteiger partial charge in [0.2, 0.25) is 0 Å². The maximum Gasteiger partial charge on any atom is 0.192 e. The van der Waals surface area contributed by atoms with Crippen molar-refractivity contribution in [3.05, 3.63) is 34.1 Å². The van der Waals surface area contributed by atoms with E-state index in [2.05, 4.69) is 10.2 Å². The molecule has 78 valence electrons. The Morgan fingerprint density at radius 3 is 2.67 bits per heavy atom. The Balaban J connectivity index is 2.64. The van der Waals surface area contributed by atoms with Crippen molar-refractivity contribution in [3.8, 4) is 11.3 Å². The van der Waals surface area contributed by atoms with Crippen molar-refractivity contribution in [1.82, 2.24) is 10.2 Å². The summed E-state index contributed by atoms with van der Waals surface area (Å²) in [6, 6.07) is 4.91. The summed E-state index contributed by atoms with van der Waals surface area (Å²) in [4.78, 5) is 0. The van der Waals surface area contributed by atoms with E-state index in [-0.39, 0.29) is 16.5 Å². The Kier molecular flexibility index (Phi) is 2.54. The molecule has 0 aliphatic rings. The molecule has 15 heavy (non-hydrogen) atoms. The largest absolute Gasteiger partial charge is 0.380 e. The molecule has 6 heteroatoms. The van der Waals surface area contributed by atoms with Crippen LogP contribution in [0.4, 0.5) is 10.2 Å². The van der Waals surface area contributed by atoms with E-state index < -0.39 is 5.82 Å². The van der Waals surface area contributed by atoms with E-state index in [9.17, 15) is 4.39 Å². The second-order valence-corrected chi connectivity index (χ2v) is 3.68. The van der Waals surface area contributed by atoms with Crippen molar-refractivity contribution in [2.24, 2.45) is 0 Å². The number of benzene rings is 1. The van der Waals surface area contributed by atoms with Gasteiger partial charge in [-0.05, 0) is 6.07 Å². The van der Waals surface area contributed by atoms with Crippen LogP contribution in [0.25, 0.3) is 11.3 Å². The number of aromatic amines is 1. The highest BCUT2D eigenvalue weighted by molar-refractivity contribution is 6.43. The van der Waals surface area contributed by atoms with Crippen molar-refractivity contribution in [2.45, 2.75) is 0 Å². The molecule has 3 nitrogen and oxygen atoms in total. The van der Waals surface area contributed by atoms with Gasteiger partial charge in [0.25, 0.3) is 0 Å². The van der Waals surface area contributed by atoms with E-state index >= 15 is 0 Å². The molecule has 3 N–H and O–H groups in total. The highest BCUT2D eigenvalue weighted by Crippen LogP contribution is 2.34. The lowest BCUT2D eigenvalue weighted by Crippen LogP contribution is -1.88. The van der Waals surface area contributed by atoms with Crippen LogP contribution in [0.5, 0.6) is 0 Å². The van der Waals surface area contributed by atoms with Crippen molar-refractivity contribution in [2.75, 3.05) is 5.73 Å². The topological polar surface area (TPSA) is 54.7 Å². The molecule has 1 aromatic heterocycles. The van der Waals surface area contributed by atoms with Crippen LogP contribution in [0.3, 0.4) is 0 Å². The lowest BCUT2D eigenvalue weighted by molar-refractivity contribution is 0.636. The van der Waals surface area contributed by atoms with Crippen molar-refractivity contribution in [3.63, 3.8) is 0 Å². The third kappa shape index (κ3) is 1.66. The van der Waals surface area contributed by atoms with Gasteiger partial charge < -0.3 is 5.73 Å². The number of H-pyrrole nitrogens is 1. The zero-order chi connectivity index (χ0) is 11.0. The molecule has 0 aliphatic carbocycles. The van der Waals surface area contributed by atoms with Crippen molar-refractivity contribution >= 4 is 29.0 Å². The lowest BCUT2D eigenvalue weighted by atomic mass is 10.1. The number of rotatable bonds is 1. The molecule has 0 bridgehead atoms. The van der Waals surface area contributed by atoms with Crippen LogP contribution < -0.4 is 5.73 Å². The Labute approximate surface area is 95.0 Å². The maximum absolute atomic E-state index is 13.4. The zero-order valence-corrected chi connectivity index (χ0v) is 8.90.